The number of aryl methyl sites for hydroxylation is 2. The summed E-state index contributed by atoms with van der Waals surface area (Å²) in [6.45, 7) is 14.3. The second kappa shape index (κ2) is 16.5. The summed E-state index contributed by atoms with van der Waals surface area (Å²) in [5.41, 5.74) is 5.59. The van der Waals surface area contributed by atoms with Crippen molar-refractivity contribution in [2.45, 2.75) is 67.2 Å². The van der Waals surface area contributed by atoms with Crippen molar-refractivity contribution < 1.29 is 0 Å². The van der Waals surface area contributed by atoms with E-state index >= 15 is 0 Å². The number of benzene rings is 2. The molecule has 0 spiro atoms. The zero-order valence-electron chi connectivity index (χ0n) is 17.9. The Balaban J connectivity index is 0.000000375. The van der Waals surface area contributed by atoms with Gasteiger partial charge in [-0.3, -0.25) is 0 Å². The summed E-state index contributed by atoms with van der Waals surface area (Å²) in [6.07, 6.45) is 5.03. The minimum Gasteiger partial charge on any atom is -0.385 e. The normalized spacial score (nSPS) is 12.7. The van der Waals surface area contributed by atoms with Crippen LogP contribution in [-0.2, 0) is 12.8 Å². The third-order valence-electron chi connectivity index (χ3n) is 3.91. The molecular formula is C24H40N2. The van der Waals surface area contributed by atoms with Gasteiger partial charge in [-0.15, -0.1) is 0 Å². The standard InChI is InChI=1S/2C9H11N.3C2H6/c2*1-2-6-9-8(4-1)5-3-7-10-9;3*1-2/h2*1-2,4,6,10H,3,5,7H2;3*1-2H3. The first-order valence-electron chi connectivity index (χ1n) is 10.6. The molecule has 2 aromatic rings. The lowest BCUT2D eigenvalue weighted by molar-refractivity contribution is 0.830. The van der Waals surface area contributed by atoms with Gasteiger partial charge >= 0.3 is 0 Å². The lowest BCUT2D eigenvalue weighted by Gasteiger charge is -2.16. The maximum Gasteiger partial charge on any atom is 0.0372 e. The van der Waals surface area contributed by atoms with Crippen molar-refractivity contribution in [3.05, 3.63) is 59.7 Å². The zero-order valence-corrected chi connectivity index (χ0v) is 17.9. The van der Waals surface area contributed by atoms with E-state index in [-0.39, 0.29) is 0 Å². The van der Waals surface area contributed by atoms with E-state index in [0.717, 1.165) is 13.1 Å². The molecular weight excluding hydrogens is 316 g/mol. The number of anilines is 2. The molecule has 2 aliphatic heterocycles. The summed E-state index contributed by atoms with van der Waals surface area (Å²) in [6, 6.07) is 17.1. The van der Waals surface area contributed by atoms with E-state index in [9.17, 15) is 0 Å². The average Bonchev–Trinajstić information content (AvgIpc) is 2.78. The van der Waals surface area contributed by atoms with Crippen LogP contribution in [0.3, 0.4) is 0 Å². The number of fused-ring (bicyclic) bond motifs is 2. The summed E-state index contributed by atoms with van der Waals surface area (Å²) in [7, 11) is 0. The molecule has 0 saturated heterocycles. The van der Waals surface area contributed by atoms with Crippen LogP contribution in [0.4, 0.5) is 11.4 Å². The number of para-hydroxylation sites is 2. The van der Waals surface area contributed by atoms with Gasteiger partial charge in [-0.2, -0.15) is 0 Å². The molecule has 26 heavy (non-hydrogen) atoms. The van der Waals surface area contributed by atoms with E-state index in [1.165, 1.54) is 48.2 Å². The molecule has 2 aliphatic rings. The molecule has 0 amide bonds. The van der Waals surface area contributed by atoms with Gasteiger partial charge < -0.3 is 10.6 Å². The maximum atomic E-state index is 3.36. The molecule has 0 fully saturated rings. The van der Waals surface area contributed by atoms with Crippen molar-refractivity contribution >= 4 is 11.4 Å². The molecule has 2 nitrogen and oxygen atoms in total. The van der Waals surface area contributed by atoms with E-state index < -0.39 is 0 Å². The number of hydrogen-bond acceptors (Lipinski definition) is 2. The SMILES string of the molecule is CC.CC.CC.c1ccc2c(c1)CCCN2.c1ccc2c(c1)CCCN2. The monoisotopic (exact) mass is 356 g/mol. The van der Waals surface area contributed by atoms with E-state index in [2.05, 4.69) is 59.2 Å². The largest absolute Gasteiger partial charge is 0.385 e. The number of rotatable bonds is 0. The Labute approximate surface area is 162 Å². The molecule has 0 bridgehead atoms. The predicted octanol–water partition coefficient (Wildman–Crippen LogP) is 7.17. The molecule has 2 N–H and O–H groups in total. The second-order valence-electron chi connectivity index (χ2n) is 5.37. The first-order valence-corrected chi connectivity index (χ1v) is 10.6. The molecule has 0 unspecified atom stereocenters. The molecule has 146 valence electrons. The van der Waals surface area contributed by atoms with Crippen molar-refractivity contribution in [1.29, 1.82) is 0 Å². The quantitative estimate of drug-likeness (QED) is 0.523. The lowest BCUT2D eigenvalue weighted by atomic mass is 10.0. The van der Waals surface area contributed by atoms with Crippen LogP contribution in [0.2, 0.25) is 0 Å². The van der Waals surface area contributed by atoms with Crippen LogP contribution in [-0.4, -0.2) is 13.1 Å². The van der Waals surface area contributed by atoms with Gasteiger partial charge in [0, 0.05) is 24.5 Å². The molecule has 4 rings (SSSR count). The molecule has 0 atom stereocenters. The summed E-state index contributed by atoms with van der Waals surface area (Å²) >= 11 is 0. The third kappa shape index (κ3) is 8.42. The lowest BCUT2D eigenvalue weighted by Crippen LogP contribution is -2.10. The van der Waals surface area contributed by atoms with Crippen molar-refractivity contribution in [3.63, 3.8) is 0 Å². The summed E-state index contributed by atoms with van der Waals surface area (Å²) in [4.78, 5) is 0. The average molecular weight is 357 g/mol. The van der Waals surface area contributed by atoms with Gasteiger partial charge in [0.15, 0.2) is 0 Å². The highest BCUT2D eigenvalue weighted by atomic mass is 14.9. The van der Waals surface area contributed by atoms with E-state index in [1.807, 2.05) is 41.5 Å². The van der Waals surface area contributed by atoms with Crippen LogP contribution in [0.1, 0.15) is 65.5 Å². The van der Waals surface area contributed by atoms with Crippen LogP contribution in [0, 0.1) is 0 Å². The molecule has 2 heterocycles. The number of nitrogens with one attached hydrogen (secondary N) is 2. The van der Waals surface area contributed by atoms with Crippen molar-refractivity contribution in [3.8, 4) is 0 Å². The first-order chi connectivity index (χ1) is 12.9. The summed E-state index contributed by atoms with van der Waals surface area (Å²) in [5, 5.41) is 6.73. The molecule has 0 aliphatic carbocycles. The number of hydrogen-bond donors (Lipinski definition) is 2. The highest BCUT2D eigenvalue weighted by Gasteiger charge is 2.05. The van der Waals surface area contributed by atoms with E-state index in [4.69, 9.17) is 0 Å². The Morgan fingerprint density at radius 1 is 0.538 bits per heavy atom. The highest BCUT2D eigenvalue weighted by molar-refractivity contribution is 5.53. The molecule has 2 aromatic carbocycles. The van der Waals surface area contributed by atoms with Gasteiger partial charge in [0.05, 0.1) is 0 Å². The van der Waals surface area contributed by atoms with Gasteiger partial charge in [0.2, 0.25) is 0 Å². The minimum atomic E-state index is 1.14. The smallest absolute Gasteiger partial charge is 0.0372 e. The maximum absolute atomic E-state index is 3.36. The van der Waals surface area contributed by atoms with E-state index in [1.54, 1.807) is 0 Å². The predicted molar refractivity (Wildman–Crippen MR) is 121 cm³/mol. The Morgan fingerprint density at radius 2 is 0.885 bits per heavy atom. The Bertz CT molecular complexity index is 462. The fraction of sp³-hybridized carbons (Fsp3) is 0.500. The molecule has 0 radical (unpaired) electrons. The van der Waals surface area contributed by atoms with Crippen molar-refractivity contribution in [2.24, 2.45) is 0 Å². The zero-order chi connectivity index (χ0) is 19.6. The fourth-order valence-corrected chi connectivity index (χ4v) is 2.83. The van der Waals surface area contributed by atoms with Crippen molar-refractivity contribution in [2.75, 3.05) is 23.7 Å². The van der Waals surface area contributed by atoms with Gasteiger partial charge in [0.25, 0.3) is 0 Å². The molecule has 0 saturated carbocycles. The highest BCUT2D eigenvalue weighted by Crippen LogP contribution is 2.20. The Kier molecular flexibility index (Phi) is 15.3. The van der Waals surface area contributed by atoms with Crippen LogP contribution in [0.5, 0.6) is 0 Å². The summed E-state index contributed by atoms with van der Waals surface area (Å²) < 4.78 is 0. The van der Waals surface area contributed by atoms with Crippen LogP contribution >= 0.6 is 0 Å². The van der Waals surface area contributed by atoms with Crippen LogP contribution < -0.4 is 10.6 Å². The molecule has 0 aromatic heterocycles. The molecule has 2 heteroatoms. The summed E-state index contributed by atoms with van der Waals surface area (Å²) in [5.74, 6) is 0. The topological polar surface area (TPSA) is 24.1 Å². The second-order valence-corrected chi connectivity index (χ2v) is 5.37. The van der Waals surface area contributed by atoms with Crippen LogP contribution in [0.25, 0.3) is 0 Å². The van der Waals surface area contributed by atoms with Gasteiger partial charge in [0.1, 0.15) is 0 Å². The van der Waals surface area contributed by atoms with Gasteiger partial charge in [-0.1, -0.05) is 77.9 Å². The first kappa shape index (κ1) is 24.0. The van der Waals surface area contributed by atoms with Crippen molar-refractivity contribution in [1.82, 2.24) is 0 Å². The third-order valence-corrected chi connectivity index (χ3v) is 3.91. The Hall–Kier alpha value is -1.96. The minimum absolute atomic E-state index is 1.14. The van der Waals surface area contributed by atoms with E-state index in [0.29, 0.717) is 0 Å². The van der Waals surface area contributed by atoms with Gasteiger partial charge in [-0.25, -0.2) is 0 Å². The van der Waals surface area contributed by atoms with Gasteiger partial charge in [-0.05, 0) is 48.9 Å². The Morgan fingerprint density at radius 3 is 1.23 bits per heavy atom. The van der Waals surface area contributed by atoms with Crippen LogP contribution in [0.15, 0.2) is 48.5 Å². The fourth-order valence-electron chi connectivity index (χ4n) is 2.83.